The van der Waals surface area contributed by atoms with E-state index in [1.807, 2.05) is 39.0 Å². The Balaban J connectivity index is 1.69. The number of fused-ring (bicyclic) bond motifs is 1. The molecule has 0 radical (unpaired) electrons. The van der Waals surface area contributed by atoms with Crippen LogP contribution < -0.4 is 20.1 Å². The lowest BCUT2D eigenvalue weighted by molar-refractivity contribution is 0.0934. The fourth-order valence-electron chi connectivity index (χ4n) is 2.40. The third-order valence-electron chi connectivity index (χ3n) is 3.96. The van der Waals surface area contributed by atoms with Crippen LogP contribution in [0, 0.1) is 6.92 Å². The van der Waals surface area contributed by atoms with Gasteiger partial charge in [0.1, 0.15) is 5.69 Å². The molecule has 0 aliphatic carbocycles. The van der Waals surface area contributed by atoms with Gasteiger partial charge in [-0.15, -0.1) is 0 Å². The number of carbonyl (C=O) groups is 1. The summed E-state index contributed by atoms with van der Waals surface area (Å²) in [6.45, 7) is 6.60. The molecule has 0 fully saturated rings. The summed E-state index contributed by atoms with van der Waals surface area (Å²) in [6, 6.07) is 7.53. The van der Waals surface area contributed by atoms with Crippen molar-refractivity contribution in [2.45, 2.75) is 39.8 Å². The Hall–Kier alpha value is -2.83. The van der Waals surface area contributed by atoms with Gasteiger partial charge in [-0.05, 0) is 44.0 Å². The first-order valence-corrected chi connectivity index (χ1v) is 8.34. The van der Waals surface area contributed by atoms with Crippen LogP contribution >= 0.6 is 0 Å². The van der Waals surface area contributed by atoms with Gasteiger partial charge in [-0.25, -0.2) is 9.97 Å². The van der Waals surface area contributed by atoms with Crippen molar-refractivity contribution in [1.29, 1.82) is 0 Å². The van der Waals surface area contributed by atoms with Crippen LogP contribution in [0.25, 0.3) is 0 Å². The predicted molar refractivity (Wildman–Crippen MR) is 93.9 cm³/mol. The Morgan fingerprint density at radius 1 is 1.24 bits per heavy atom. The van der Waals surface area contributed by atoms with Gasteiger partial charge in [-0.1, -0.05) is 13.0 Å². The zero-order valence-electron chi connectivity index (χ0n) is 14.6. The summed E-state index contributed by atoms with van der Waals surface area (Å²) in [5.74, 6) is 1.72. The number of aryl methyl sites for hydroxylation is 1. The molecule has 3 rings (SSSR count). The van der Waals surface area contributed by atoms with Crippen LogP contribution in [-0.4, -0.2) is 28.7 Å². The molecule has 1 aromatic carbocycles. The summed E-state index contributed by atoms with van der Waals surface area (Å²) in [4.78, 5) is 20.9. The molecule has 1 aliphatic rings. The van der Waals surface area contributed by atoms with Crippen LogP contribution in [0.5, 0.6) is 11.5 Å². The zero-order chi connectivity index (χ0) is 17.8. The fraction of sp³-hybridized carbons (Fsp3) is 0.389. The van der Waals surface area contributed by atoms with Crippen molar-refractivity contribution in [3.63, 3.8) is 0 Å². The number of benzene rings is 1. The van der Waals surface area contributed by atoms with Gasteiger partial charge in [0, 0.05) is 18.3 Å². The SMILES string of the molecule is CCC(C)NC(=O)c1cc(C)nc(NCc2ccc3c(c2)OCO3)n1. The Labute approximate surface area is 146 Å². The van der Waals surface area contributed by atoms with E-state index in [4.69, 9.17) is 9.47 Å². The maximum absolute atomic E-state index is 12.3. The molecular formula is C18H22N4O3. The number of hydrogen-bond donors (Lipinski definition) is 2. The maximum atomic E-state index is 12.3. The van der Waals surface area contributed by atoms with E-state index >= 15 is 0 Å². The molecule has 1 amide bonds. The molecule has 0 saturated heterocycles. The number of carbonyl (C=O) groups excluding carboxylic acids is 1. The maximum Gasteiger partial charge on any atom is 0.270 e. The van der Waals surface area contributed by atoms with E-state index in [1.54, 1.807) is 6.07 Å². The molecule has 0 bridgehead atoms. The molecule has 1 aliphatic heterocycles. The van der Waals surface area contributed by atoms with Crippen molar-refractivity contribution in [3.8, 4) is 11.5 Å². The van der Waals surface area contributed by atoms with Gasteiger partial charge in [-0.3, -0.25) is 4.79 Å². The molecule has 0 spiro atoms. The summed E-state index contributed by atoms with van der Waals surface area (Å²) in [6.07, 6.45) is 0.866. The van der Waals surface area contributed by atoms with Crippen molar-refractivity contribution in [2.24, 2.45) is 0 Å². The molecule has 1 unspecified atom stereocenters. The summed E-state index contributed by atoms with van der Waals surface area (Å²) in [7, 11) is 0. The van der Waals surface area contributed by atoms with E-state index in [9.17, 15) is 4.79 Å². The molecule has 132 valence electrons. The van der Waals surface area contributed by atoms with Gasteiger partial charge in [0.2, 0.25) is 12.7 Å². The number of hydrogen-bond acceptors (Lipinski definition) is 6. The summed E-state index contributed by atoms with van der Waals surface area (Å²) < 4.78 is 10.7. The highest BCUT2D eigenvalue weighted by atomic mass is 16.7. The second-order valence-electron chi connectivity index (χ2n) is 6.04. The van der Waals surface area contributed by atoms with E-state index in [0.717, 1.165) is 29.2 Å². The smallest absolute Gasteiger partial charge is 0.270 e. The van der Waals surface area contributed by atoms with Crippen LogP contribution in [0.2, 0.25) is 0 Å². The van der Waals surface area contributed by atoms with Crippen molar-refractivity contribution in [1.82, 2.24) is 15.3 Å². The Bertz CT molecular complexity index is 779. The van der Waals surface area contributed by atoms with Gasteiger partial charge in [0.05, 0.1) is 0 Å². The lowest BCUT2D eigenvalue weighted by Gasteiger charge is -2.12. The fourth-order valence-corrected chi connectivity index (χ4v) is 2.40. The molecule has 2 aromatic rings. The third kappa shape index (κ3) is 4.17. The summed E-state index contributed by atoms with van der Waals surface area (Å²) >= 11 is 0. The molecule has 0 saturated carbocycles. The van der Waals surface area contributed by atoms with Crippen molar-refractivity contribution >= 4 is 11.9 Å². The molecule has 1 aromatic heterocycles. The van der Waals surface area contributed by atoms with Crippen LogP contribution in [0.1, 0.15) is 42.0 Å². The third-order valence-corrected chi connectivity index (χ3v) is 3.96. The van der Waals surface area contributed by atoms with E-state index in [-0.39, 0.29) is 18.7 Å². The summed E-state index contributed by atoms with van der Waals surface area (Å²) in [5.41, 5.74) is 2.11. The number of amides is 1. The largest absolute Gasteiger partial charge is 0.454 e. The first kappa shape index (κ1) is 17.0. The number of nitrogens with one attached hydrogen (secondary N) is 2. The van der Waals surface area contributed by atoms with E-state index in [1.165, 1.54) is 0 Å². The molecule has 2 heterocycles. The standard InChI is InChI=1S/C18H22N4O3/c1-4-11(2)20-17(23)14-7-12(3)21-18(22-14)19-9-13-5-6-15-16(8-13)25-10-24-15/h5-8,11H,4,9-10H2,1-3H3,(H,20,23)(H,19,21,22). The minimum atomic E-state index is -0.189. The second kappa shape index (κ2) is 7.38. The van der Waals surface area contributed by atoms with Gasteiger partial charge >= 0.3 is 0 Å². The number of anilines is 1. The number of ether oxygens (including phenoxy) is 2. The molecule has 7 heteroatoms. The minimum absolute atomic E-state index is 0.104. The van der Waals surface area contributed by atoms with Crippen LogP contribution in [0.15, 0.2) is 24.3 Å². The molecular weight excluding hydrogens is 320 g/mol. The van der Waals surface area contributed by atoms with Crippen molar-refractivity contribution < 1.29 is 14.3 Å². The number of nitrogens with zero attached hydrogens (tertiary/aromatic N) is 2. The van der Waals surface area contributed by atoms with Gasteiger partial charge in [0.25, 0.3) is 5.91 Å². The average Bonchev–Trinajstić information content (AvgIpc) is 3.07. The Morgan fingerprint density at radius 2 is 2.04 bits per heavy atom. The first-order valence-electron chi connectivity index (χ1n) is 8.34. The molecule has 25 heavy (non-hydrogen) atoms. The molecule has 7 nitrogen and oxygen atoms in total. The summed E-state index contributed by atoms with van der Waals surface area (Å²) in [5, 5.41) is 6.07. The van der Waals surface area contributed by atoms with Crippen LogP contribution in [0.4, 0.5) is 5.95 Å². The monoisotopic (exact) mass is 342 g/mol. The normalized spacial score (nSPS) is 13.4. The second-order valence-corrected chi connectivity index (χ2v) is 6.04. The lowest BCUT2D eigenvalue weighted by atomic mass is 10.2. The minimum Gasteiger partial charge on any atom is -0.454 e. The Morgan fingerprint density at radius 3 is 2.84 bits per heavy atom. The zero-order valence-corrected chi connectivity index (χ0v) is 14.6. The van der Waals surface area contributed by atoms with E-state index in [0.29, 0.717) is 18.2 Å². The van der Waals surface area contributed by atoms with Crippen LogP contribution in [0.3, 0.4) is 0 Å². The topological polar surface area (TPSA) is 85.4 Å². The highest BCUT2D eigenvalue weighted by Gasteiger charge is 2.14. The average molecular weight is 342 g/mol. The first-order chi connectivity index (χ1) is 12.0. The highest BCUT2D eigenvalue weighted by molar-refractivity contribution is 5.92. The van der Waals surface area contributed by atoms with Gasteiger partial charge in [-0.2, -0.15) is 0 Å². The van der Waals surface area contributed by atoms with Crippen LogP contribution in [-0.2, 0) is 6.54 Å². The number of aromatic nitrogens is 2. The van der Waals surface area contributed by atoms with Gasteiger partial charge < -0.3 is 20.1 Å². The predicted octanol–water partition coefficient (Wildman–Crippen LogP) is 2.65. The lowest BCUT2D eigenvalue weighted by Crippen LogP contribution is -2.32. The van der Waals surface area contributed by atoms with Crippen molar-refractivity contribution in [3.05, 3.63) is 41.2 Å². The Kier molecular flexibility index (Phi) is 5.02. The highest BCUT2D eigenvalue weighted by Crippen LogP contribution is 2.32. The molecule has 1 atom stereocenters. The quantitative estimate of drug-likeness (QED) is 0.839. The van der Waals surface area contributed by atoms with Crippen molar-refractivity contribution in [2.75, 3.05) is 12.1 Å². The van der Waals surface area contributed by atoms with E-state index < -0.39 is 0 Å². The number of rotatable bonds is 6. The van der Waals surface area contributed by atoms with Gasteiger partial charge in [0.15, 0.2) is 11.5 Å². The molecule has 2 N–H and O–H groups in total. The van der Waals surface area contributed by atoms with E-state index in [2.05, 4.69) is 20.6 Å².